The van der Waals surface area contributed by atoms with E-state index >= 15 is 0 Å². The third-order valence-electron chi connectivity index (χ3n) is 7.02. The van der Waals surface area contributed by atoms with E-state index in [9.17, 15) is 19.1 Å². The fraction of sp³-hybridized carbons (Fsp3) is 0.464. The first-order valence-electron chi connectivity index (χ1n) is 12.4. The van der Waals surface area contributed by atoms with Gasteiger partial charge in [-0.05, 0) is 38.0 Å². The normalized spacial score (nSPS) is 20.6. The summed E-state index contributed by atoms with van der Waals surface area (Å²) in [7, 11) is 1.78. The molecule has 0 radical (unpaired) electrons. The number of rotatable bonds is 5. The van der Waals surface area contributed by atoms with E-state index in [1.807, 2.05) is 6.92 Å². The van der Waals surface area contributed by atoms with Gasteiger partial charge in [-0.25, -0.2) is 9.37 Å². The molecule has 2 aromatic rings. The minimum absolute atomic E-state index is 0.0762. The third kappa shape index (κ3) is 5.52. The van der Waals surface area contributed by atoms with Gasteiger partial charge in [0.25, 0.3) is 5.91 Å². The van der Waals surface area contributed by atoms with Crippen LogP contribution in [-0.4, -0.2) is 70.6 Å². The number of carbonyl (C=O) groups is 2. The number of benzene rings is 1. The average molecular weight is 494 g/mol. The van der Waals surface area contributed by atoms with Gasteiger partial charge in [-0.1, -0.05) is 37.3 Å². The highest BCUT2D eigenvalue weighted by Gasteiger charge is 2.36. The van der Waals surface area contributed by atoms with Gasteiger partial charge in [-0.3, -0.25) is 9.59 Å². The Labute approximate surface area is 211 Å². The van der Waals surface area contributed by atoms with Crippen LogP contribution >= 0.6 is 0 Å². The Morgan fingerprint density at radius 3 is 2.75 bits per heavy atom. The maximum absolute atomic E-state index is 14.0. The minimum Gasteiger partial charge on any atom is -0.472 e. The molecule has 1 aliphatic carbocycles. The molecule has 7 nitrogen and oxygen atoms in total. The highest BCUT2D eigenvalue weighted by Crippen LogP contribution is 2.30. The quantitative estimate of drug-likeness (QED) is 0.648. The molecule has 1 aromatic heterocycles. The number of fused-ring (bicyclic) bond motifs is 1. The SMILES string of the molecule is C[C@@H]1CN([C@@H](C)CO)C(=O)c2cc(C#Cc3ccccc3F)cnc2O[C@@H]1CN(C)C(=O)C1CCC1. The van der Waals surface area contributed by atoms with E-state index in [1.54, 1.807) is 48.0 Å². The maximum Gasteiger partial charge on any atom is 0.259 e. The third-order valence-corrected chi connectivity index (χ3v) is 7.02. The zero-order valence-corrected chi connectivity index (χ0v) is 20.9. The van der Waals surface area contributed by atoms with E-state index in [-0.39, 0.29) is 47.3 Å². The summed E-state index contributed by atoms with van der Waals surface area (Å²) >= 11 is 0. The number of halogens is 1. The highest BCUT2D eigenvalue weighted by atomic mass is 19.1. The molecule has 1 N–H and O–H groups in total. The largest absolute Gasteiger partial charge is 0.472 e. The van der Waals surface area contributed by atoms with Crippen LogP contribution in [0, 0.1) is 29.5 Å². The number of hydrogen-bond acceptors (Lipinski definition) is 5. The van der Waals surface area contributed by atoms with Crippen molar-refractivity contribution in [3.63, 3.8) is 0 Å². The molecule has 2 heterocycles. The molecule has 0 bridgehead atoms. The second-order valence-corrected chi connectivity index (χ2v) is 9.78. The van der Waals surface area contributed by atoms with Crippen molar-refractivity contribution in [3.05, 3.63) is 59.0 Å². The van der Waals surface area contributed by atoms with E-state index in [0.29, 0.717) is 18.7 Å². The summed E-state index contributed by atoms with van der Waals surface area (Å²) in [5.74, 6) is 5.15. The number of aliphatic hydroxyl groups excluding tert-OH is 1. The molecule has 2 amide bonds. The first-order valence-corrected chi connectivity index (χ1v) is 12.4. The Morgan fingerprint density at radius 1 is 1.33 bits per heavy atom. The number of likely N-dealkylation sites (N-methyl/N-ethyl adjacent to an activating group) is 1. The number of aliphatic hydroxyl groups is 1. The summed E-state index contributed by atoms with van der Waals surface area (Å²) in [4.78, 5) is 34.0. The summed E-state index contributed by atoms with van der Waals surface area (Å²) in [6.45, 7) is 4.27. The number of carbonyl (C=O) groups excluding carboxylic acids is 2. The molecule has 4 rings (SSSR count). The van der Waals surface area contributed by atoms with Gasteiger partial charge in [0.2, 0.25) is 11.8 Å². The number of ether oxygens (including phenoxy) is 1. The monoisotopic (exact) mass is 493 g/mol. The van der Waals surface area contributed by atoms with Crippen LogP contribution in [0.15, 0.2) is 36.5 Å². The van der Waals surface area contributed by atoms with Crippen LogP contribution in [0.4, 0.5) is 4.39 Å². The number of pyridine rings is 1. The molecule has 0 saturated heterocycles. The topological polar surface area (TPSA) is 83.0 Å². The van der Waals surface area contributed by atoms with Gasteiger partial charge in [0.15, 0.2) is 0 Å². The Kier molecular flexibility index (Phi) is 7.90. The molecular formula is C28H32FN3O4. The number of nitrogens with zero attached hydrogens (tertiary/aromatic N) is 3. The van der Waals surface area contributed by atoms with E-state index in [2.05, 4.69) is 16.8 Å². The Bertz CT molecular complexity index is 1190. The van der Waals surface area contributed by atoms with Crippen LogP contribution < -0.4 is 4.74 Å². The summed E-state index contributed by atoms with van der Waals surface area (Å²) in [6.07, 6.45) is 4.01. The van der Waals surface area contributed by atoms with E-state index in [4.69, 9.17) is 4.74 Å². The second-order valence-electron chi connectivity index (χ2n) is 9.78. The lowest BCUT2D eigenvalue weighted by Crippen LogP contribution is -2.51. The Balaban J connectivity index is 1.65. The van der Waals surface area contributed by atoms with Gasteiger partial charge < -0.3 is 19.6 Å². The molecule has 1 aromatic carbocycles. The van der Waals surface area contributed by atoms with Crippen LogP contribution in [0.1, 0.15) is 54.6 Å². The lowest BCUT2D eigenvalue weighted by molar-refractivity contribution is -0.138. The number of hydrogen-bond donors (Lipinski definition) is 1. The fourth-order valence-electron chi connectivity index (χ4n) is 4.42. The molecule has 0 unspecified atom stereocenters. The van der Waals surface area contributed by atoms with Crippen molar-refractivity contribution in [2.24, 2.45) is 11.8 Å². The standard InChI is InChI=1S/C28H32FN3O4/c1-18-15-32(19(2)17-33)28(35)23-13-20(11-12-21-7-4-5-10-24(21)29)14-30-26(23)36-25(18)16-31(3)27(34)22-8-6-9-22/h4-5,7,10,13-14,18-19,22,25,33H,6,8-9,15-17H2,1-3H3/t18-,19+,25-/m1/s1. The van der Waals surface area contributed by atoms with Crippen molar-refractivity contribution in [3.8, 4) is 17.7 Å². The van der Waals surface area contributed by atoms with E-state index in [1.165, 1.54) is 12.3 Å². The van der Waals surface area contributed by atoms with Gasteiger partial charge in [-0.2, -0.15) is 0 Å². The van der Waals surface area contributed by atoms with Crippen molar-refractivity contribution in [1.82, 2.24) is 14.8 Å². The predicted octanol–water partition coefficient (Wildman–Crippen LogP) is 3.10. The molecular weight excluding hydrogens is 461 g/mol. The van der Waals surface area contributed by atoms with Gasteiger partial charge in [0.05, 0.1) is 24.8 Å². The molecule has 8 heteroatoms. The number of aromatic nitrogens is 1. The van der Waals surface area contributed by atoms with Crippen LogP contribution in [0.25, 0.3) is 0 Å². The summed E-state index contributed by atoms with van der Waals surface area (Å²) in [5, 5.41) is 9.82. The molecule has 36 heavy (non-hydrogen) atoms. The minimum atomic E-state index is -0.427. The van der Waals surface area contributed by atoms with Crippen molar-refractivity contribution in [2.75, 3.05) is 26.7 Å². The molecule has 1 saturated carbocycles. The maximum atomic E-state index is 14.0. The fourth-order valence-corrected chi connectivity index (χ4v) is 4.42. The van der Waals surface area contributed by atoms with Crippen molar-refractivity contribution in [1.29, 1.82) is 0 Å². The van der Waals surface area contributed by atoms with Gasteiger partial charge in [-0.15, -0.1) is 0 Å². The van der Waals surface area contributed by atoms with E-state index in [0.717, 1.165) is 19.3 Å². The molecule has 3 atom stereocenters. The summed E-state index contributed by atoms with van der Waals surface area (Å²) in [5.41, 5.74) is 0.906. The molecule has 0 spiro atoms. The summed E-state index contributed by atoms with van der Waals surface area (Å²) in [6, 6.07) is 7.37. The Hall–Kier alpha value is -3.44. The second kappa shape index (κ2) is 11.1. The molecule has 2 aliphatic rings. The molecule has 1 fully saturated rings. The van der Waals surface area contributed by atoms with Gasteiger partial charge in [0, 0.05) is 37.2 Å². The van der Waals surface area contributed by atoms with Crippen molar-refractivity contribution < 1.29 is 23.8 Å². The molecule has 190 valence electrons. The van der Waals surface area contributed by atoms with Gasteiger partial charge in [0.1, 0.15) is 17.5 Å². The van der Waals surface area contributed by atoms with E-state index < -0.39 is 18.0 Å². The van der Waals surface area contributed by atoms with Crippen LogP contribution in [0.3, 0.4) is 0 Å². The van der Waals surface area contributed by atoms with Crippen LogP contribution in [-0.2, 0) is 4.79 Å². The Morgan fingerprint density at radius 2 is 2.08 bits per heavy atom. The lowest BCUT2D eigenvalue weighted by Gasteiger charge is -2.38. The van der Waals surface area contributed by atoms with Crippen LogP contribution in [0.5, 0.6) is 5.88 Å². The highest BCUT2D eigenvalue weighted by molar-refractivity contribution is 5.97. The lowest BCUT2D eigenvalue weighted by atomic mass is 9.84. The molecule has 1 aliphatic heterocycles. The van der Waals surface area contributed by atoms with Gasteiger partial charge >= 0.3 is 0 Å². The van der Waals surface area contributed by atoms with Crippen molar-refractivity contribution in [2.45, 2.75) is 45.3 Å². The predicted molar refractivity (Wildman–Crippen MR) is 133 cm³/mol. The smallest absolute Gasteiger partial charge is 0.259 e. The first kappa shape index (κ1) is 25.6. The summed E-state index contributed by atoms with van der Waals surface area (Å²) < 4.78 is 20.2. The van der Waals surface area contributed by atoms with Crippen molar-refractivity contribution >= 4 is 11.8 Å². The average Bonchev–Trinajstić information content (AvgIpc) is 2.84. The zero-order chi connectivity index (χ0) is 25.8. The zero-order valence-electron chi connectivity index (χ0n) is 20.9. The van der Waals surface area contributed by atoms with Crippen LogP contribution in [0.2, 0.25) is 0 Å². The number of amides is 2. The first-order chi connectivity index (χ1) is 17.3.